The summed E-state index contributed by atoms with van der Waals surface area (Å²) in [7, 11) is -3.79. The van der Waals surface area contributed by atoms with E-state index in [0.717, 1.165) is 44.5 Å². The van der Waals surface area contributed by atoms with E-state index in [1.807, 2.05) is 11.6 Å². The quantitative estimate of drug-likeness (QED) is 0.847. The summed E-state index contributed by atoms with van der Waals surface area (Å²) in [5.41, 5.74) is 1.22. The van der Waals surface area contributed by atoms with Crippen LogP contribution in [0.2, 0.25) is 0 Å². The molecule has 1 aliphatic carbocycles. The number of nitrogens with zero attached hydrogens (tertiary/aromatic N) is 3. The van der Waals surface area contributed by atoms with Crippen LogP contribution in [-0.4, -0.2) is 47.1 Å². The fourth-order valence-electron chi connectivity index (χ4n) is 3.17. The van der Waals surface area contributed by atoms with Crippen LogP contribution in [0.3, 0.4) is 0 Å². The number of hydrogen-bond donors (Lipinski definition) is 2. The molecule has 134 valence electrons. The zero-order valence-corrected chi connectivity index (χ0v) is 14.8. The molecule has 0 atom stereocenters. The molecule has 0 bridgehead atoms. The van der Waals surface area contributed by atoms with Crippen molar-refractivity contribution >= 4 is 21.7 Å². The minimum atomic E-state index is -3.79. The molecule has 4 rings (SSSR count). The normalized spacial score (nSPS) is 17.9. The van der Waals surface area contributed by atoms with Gasteiger partial charge in [0.2, 0.25) is 0 Å². The maximum Gasteiger partial charge on any atom is 0.270 e. The first-order valence-electron chi connectivity index (χ1n) is 8.51. The molecule has 1 amide bonds. The van der Waals surface area contributed by atoms with Crippen molar-refractivity contribution in [3.8, 4) is 0 Å². The summed E-state index contributed by atoms with van der Waals surface area (Å²) >= 11 is 0. The number of carbonyl (C=O) groups is 1. The van der Waals surface area contributed by atoms with Crippen LogP contribution in [0.15, 0.2) is 23.2 Å². The molecule has 0 radical (unpaired) electrons. The Balaban J connectivity index is 1.52. The third-order valence-electron chi connectivity index (χ3n) is 4.64. The minimum absolute atomic E-state index is 0.0358. The van der Waals surface area contributed by atoms with E-state index in [9.17, 15) is 13.2 Å². The average Bonchev–Trinajstić information content (AvgIpc) is 3.00. The van der Waals surface area contributed by atoms with Gasteiger partial charge in [0.25, 0.3) is 15.9 Å². The van der Waals surface area contributed by atoms with Gasteiger partial charge in [-0.05, 0) is 38.7 Å². The van der Waals surface area contributed by atoms with Crippen molar-refractivity contribution in [1.82, 2.24) is 19.7 Å². The maximum absolute atomic E-state index is 12.6. The third-order valence-corrected chi connectivity index (χ3v) is 5.98. The van der Waals surface area contributed by atoms with Gasteiger partial charge in [0.1, 0.15) is 10.6 Å². The van der Waals surface area contributed by atoms with Crippen molar-refractivity contribution in [3.05, 3.63) is 29.7 Å². The highest BCUT2D eigenvalue weighted by Crippen LogP contribution is 2.36. The van der Waals surface area contributed by atoms with Gasteiger partial charge in [0, 0.05) is 31.0 Å². The lowest BCUT2D eigenvalue weighted by atomic mass is 10.4. The molecule has 2 fully saturated rings. The first kappa shape index (κ1) is 16.2. The number of hydrogen-bond acceptors (Lipinski definition) is 4. The number of sulfonamides is 1. The van der Waals surface area contributed by atoms with Gasteiger partial charge in [0.15, 0.2) is 5.82 Å². The highest BCUT2D eigenvalue weighted by Gasteiger charge is 2.28. The van der Waals surface area contributed by atoms with Gasteiger partial charge >= 0.3 is 0 Å². The van der Waals surface area contributed by atoms with E-state index in [1.165, 1.54) is 12.3 Å². The summed E-state index contributed by atoms with van der Waals surface area (Å²) in [6.07, 6.45) is 5.48. The lowest BCUT2D eigenvalue weighted by Gasteiger charge is -2.13. The molecule has 3 heterocycles. The first-order valence-corrected chi connectivity index (χ1v) is 9.99. The van der Waals surface area contributed by atoms with Crippen LogP contribution in [0.4, 0.5) is 5.82 Å². The number of likely N-dealkylation sites (tertiary alicyclic amines) is 1. The number of aryl methyl sites for hydroxylation is 1. The molecular formula is C16H21N5O3S. The second-order valence-electron chi connectivity index (χ2n) is 6.70. The Labute approximate surface area is 146 Å². The predicted octanol–water partition coefficient (Wildman–Crippen LogP) is 1.89. The Hall–Kier alpha value is -2.29. The summed E-state index contributed by atoms with van der Waals surface area (Å²) in [6.45, 7) is 3.35. The molecule has 2 N–H and O–H groups in total. The fourth-order valence-corrected chi connectivity index (χ4v) is 4.15. The number of aromatic nitrogens is 3. The summed E-state index contributed by atoms with van der Waals surface area (Å²) in [5.74, 6) is 0.144. The van der Waals surface area contributed by atoms with Gasteiger partial charge < -0.3 is 9.88 Å². The molecule has 8 nitrogen and oxygen atoms in total. The van der Waals surface area contributed by atoms with Gasteiger partial charge in [-0.2, -0.15) is 5.10 Å². The number of rotatable bonds is 5. The number of H-pyrrole nitrogens is 1. The van der Waals surface area contributed by atoms with E-state index in [-0.39, 0.29) is 10.8 Å². The zero-order valence-electron chi connectivity index (χ0n) is 14.0. The molecule has 2 aromatic heterocycles. The summed E-state index contributed by atoms with van der Waals surface area (Å²) in [6, 6.07) is 3.49. The summed E-state index contributed by atoms with van der Waals surface area (Å²) < 4.78 is 29.5. The standard InChI is InChI=1S/C16H21N5O3S/c1-11-8-15(18-21(11)12-4-5-12)19-25(23,24)13-9-14(17-10-13)16(22)20-6-2-3-7-20/h8-10,12,17H,2-7H2,1H3,(H,18,19). The van der Waals surface area contributed by atoms with Crippen molar-refractivity contribution < 1.29 is 13.2 Å². The molecule has 0 aromatic carbocycles. The monoisotopic (exact) mass is 363 g/mol. The highest BCUT2D eigenvalue weighted by atomic mass is 32.2. The number of anilines is 1. The Kier molecular flexibility index (Phi) is 3.82. The molecule has 0 unspecified atom stereocenters. The molecule has 1 saturated heterocycles. The zero-order chi connectivity index (χ0) is 17.6. The van der Waals surface area contributed by atoms with E-state index < -0.39 is 10.0 Å². The second kappa shape index (κ2) is 5.91. The van der Waals surface area contributed by atoms with Crippen LogP contribution in [0, 0.1) is 6.92 Å². The molecule has 2 aromatic rings. The SMILES string of the molecule is Cc1cc(NS(=O)(=O)c2c[nH]c(C(=O)N3CCCC3)c2)nn1C1CC1. The van der Waals surface area contributed by atoms with E-state index >= 15 is 0 Å². The van der Waals surface area contributed by atoms with Crippen molar-refractivity contribution in [2.24, 2.45) is 0 Å². The van der Waals surface area contributed by atoms with Gasteiger partial charge in [-0.3, -0.25) is 14.2 Å². The lowest BCUT2D eigenvalue weighted by molar-refractivity contribution is 0.0787. The maximum atomic E-state index is 12.6. The Morgan fingerprint density at radius 2 is 2.00 bits per heavy atom. The molecule has 25 heavy (non-hydrogen) atoms. The number of aromatic amines is 1. The van der Waals surface area contributed by atoms with E-state index in [2.05, 4.69) is 14.8 Å². The van der Waals surface area contributed by atoms with Gasteiger partial charge in [0.05, 0.1) is 6.04 Å². The Bertz CT molecular complexity index is 904. The van der Waals surface area contributed by atoms with Crippen LogP contribution in [0.25, 0.3) is 0 Å². The van der Waals surface area contributed by atoms with E-state index in [0.29, 0.717) is 17.6 Å². The van der Waals surface area contributed by atoms with Crippen molar-refractivity contribution in [1.29, 1.82) is 0 Å². The second-order valence-corrected chi connectivity index (χ2v) is 8.38. The molecule has 2 aliphatic rings. The van der Waals surface area contributed by atoms with Crippen molar-refractivity contribution in [2.45, 2.75) is 43.5 Å². The van der Waals surface area contributed by atoms with Crippen LogP contribution in [-0.2, 0) is 10.0 Å². The fraction of sp³-hybridized carbons (Fsp3) is 0.500. The molecule has 9 heteroatoms. The molecular weight excluding hydrogens is 342 g/mol. The van der Waals surface area contributed by atoms with Crippen LogP contribution in [0.1, 0.15) is 47.9 Å². The highest BCUT2D eigenvalue weighted by molar-refractivity contribution is 7.92. The topological polar surface area (TPSA) is 100 Å². The summed E-state index contributed by atoms with van der Waals surface area (Å²) in [4.78, 5) is 16.9. The van der Waals surface area contributed by atoms with Crippen LogP contribution < -0.4 is 4.72 Å². The average molecular weight is 363 g/mol. The molecule has 0 spiro atoms. The largest absolute Gasteiger partial charge is 0.356 e. The molecule has 1 aliphatic heterocycles. The first-order chi connectivity index (χ1) is 11.9. The predicted molar refractivity (Wildman–Crippen MR) is 92.0 cm³/mol. The molecule has 1 saturated carbocycles. The summed E-state index contributed by atoms with van der Waals surface area (Å²) in [5, 5.41) is 4.33. The van der Waals surface area contributed by atoms with Gasteiger partial charge in [-0.25, -0.2) is 8.42 Å². The number of nitrogens with one attached hydrogen (secondary N) is 2. The van der Waals surface area contributed by atoms with Gasteiger partial charge in [-0.1, -0.05) is 0 Å². The van der Waals surface area contributed by atoms with Crippen molar-refractivity contribution in [2.75, 3.05) is 17.8 Å². The Morgan fingerprint density at radius 3 is 2.68 bits per heavy atom. The third kappa shape index (κ3) is 3.15. The number of carbonyl (C=O) groups excluding carboxylic acids is 1. The van der Waals surface area contributed by atoms with Crippen LogP contribution >= 0.6 is 0 Å². The Morgan fingerprint density at radius 1 is 1.28 bits per heavy atom. The minimum Gasteiger partial charge on any atom is -0.356 e. The van der Waals surface area contributed by atoms with E-state index in [4.69, 9.17) is 0 Å². The van der Waals surface area contributed by atoms with Gasteiger partial charge in [-0.15, -0.1) is 0 Å². The number of amides is 1. The lowest BCUT2D eigenvalue weighted by Crippen LogP contribution is -2.27. The van der Waals surface area contributed by atoms with Crippen molar-refractivity contribution in [3.63, 3.8) is 0 Å². The van der Waals surface area contributed by atoms with Crippen LogP contribution in [0.5, 0.6) is 0 Å². The van der Waals surface area contributed by atoms with E-state index in [1.54, 1.807) is 11.0 Å². The smallest absolute Gasteiger partial charge is 0.270 e.